The Balaban J connectivity index is 1.83. The van der Waals surface area contributed by atoms with Crippen LogP contribution in [-0.2, 0) is 17.8 Å². The highest BCUT2D eigenvalue weighted by atomic mass is 16.5. The summed E-state index contributed by atoms with van der Waals surface area (Å²) in [4.78, 5) is 2.48. The predicted octanol–water partition coefficient (Wildman–Crippen LogP) is 2.17. The number of hydrogen-bond donors (Lipinski definition) is 1. The lowest BCUT2D eigenvalue weighted by atomic mass is 9.98. The lowest BCUT2D eigenvalue weighted by molar-refractivity contribution is 0.0938. The van der Waals surface area contributed by atoms with Gasteiger partial charge in [0.05, 0.1) is 6.54 Å². The van der Waals surface area contributed by atoms with Crippen LogP contribution in [0, 0.1) is 12.8 Å². The van der Waals surface area contributed by atoms with Gasteiger partial charge in [0.2, 0.25) is 0 Å². The summed E-state index contributed by atoms with van der Waals surface area (Å²) < 4.78 is 11.1. The summed E-state index contributed by atoms with van der Waals surface area (Å²) in [5, 5.41) is 3.17. The number of nitrogens with zero attached hydrogens (tertiary/aromatic N) is 1. The van der Waals surface area contributed by atoms with E-state index in [4.69, 9.17) is 9.15 Å². The highest BCUT2D eigenvalue weighted by Crippen LogP contribution is 2.21. The van der Waals surface area contributed by atoms with Gasteiger partial charge in [0.1, 0.15) is 11.5 Å². The van der Waals surface area contributed by atoms with E-state index in [0.29, 0.717) is 0 Å². The summed E-state index contributed by atoms with van der Waals surface area (Å²) in [6.45, 7) is 7.06. The molecule has 4 heteroatoms. The molecule has 0 aromatic carbocycles. The van der Waals surface area contributed by atoms with E-state index in [0.717, 1.165) is 50.2 Å². The zero-order chi connectivity index (χ0) is 13.7. The van der Waals surface area contributed by atoms with E-state index in [1.165, 1.54) is 18.4 Å². The van der Waals surface area contributed by atoms with Gasteiger partial charge in [-0.25, -0.2) is 0 Å². The van der Waals surface area contributed by atoms with Gasteiger partial charge in [-0.1, -0.05) is 0 Å². The van der Waals surface area contributed by atoms with Crippen LogP contribution < -0.4 is 5.32 Å². The van der Waals surface area contributed by atoms with Crippen molar-refractivity contribution < 1.29 is 9.15 Å². The van der Waals surface area contributed by atoms with Gasteiger partial charge in [0.15, 0.2) is 0 Å². The summed E-state index contributed by atoms with van der Waals surface area (Å²) in [7, 11) is 3.76. The average molecular weight is 266 g/mol. The summed E-state index contributed by atoms with van der Waals surface area (Å²) in [5.74, 6) is 2.87. The Bertz CT molecular complexity index is 381. The first-order valence-corrected chi connectivity index (χ1v) is 7.17. The normalized spacial score (nSPS) is 18.1. The molecule has 0 radical (unpaired) electrons. The van der Waals surface area contributed by atoms with Crippen LogP contribution in [0.5, 0.6) is 0 Å². The van der Waals surface area contributed by atoms with E-state index in [2.05, 4.69) is 16.3 Å². The smallest absolute Gasteiger partial charge is 0.118 e. The Morgan fingerprint density at radius 2 is 2.16 bits per heavy atom. The molecule has 1 fully saturated rings. The second-order valence-corrected chi connectivity index (χ2v) is 5.50. The fraction of sp³-hybridized carbons (Fsp3) is 0.733. The molecule has 0 saturated carbocycles. The lowest BCUT2D eigenvalue weighted by Gasteiger charge is -2.30. The Morgan fingerprint density at radius 1 is 1.42 bits per heavy atom. The van der Waals surface area contributed by atoms with Gasteiger partial charge in [0.25, 0.3) is 0 Å². The minimum atomic E-state index is 0.736. The number of furan rings is 1. The monoisotopic (exact) mass is 266 g/mol. The molecule has 0 atom stereocenters. The molecule has 0 bridgehead atoms. The number of hydrogen-bond acceptors (Lipinski definition) is 4. The standard InChI is InChI=1S/C15H26N2O2/c1-12-14(9-16-2)8-15(19-12)10-17-6-4-13(5-7-17)11-18-3/h8,13,16H,4-7,9-11H2,1-3H3. The van der Waals surface area contributed by atoms with Crippen LogP contribution in [0.15, 0.2) is 10.5 Å². The molecule has 2 rings (SSSR count). The number of rotatable bonds is 6. The van der Waals surface area contributed by atoms with E-state index >= 15 is 0 Å². The summed E-state index contributed by atoms with van der Waals surface area (Å²) in [6, 6.07) is 2.19. The summed E-state index contributed by atoms with van der Waals surface area (Å²) in [5.41, 5.74) is 1.27. The van der Waals surface area contributed by atoms with Crippen molar-refractivity contribution in [1.29, 1.82) is 0 Å². The van der Waals surface area contributed by atoms with E-state index in [-0.39, 0.29) is 0 Å². The quantitative estimate of drug-likeness (QED) is 0.856. The van der Waals surface area contributed by atoms with Gasteiger partial charge in [-0.3, -0.25) is 4.90 Å². The molecule has 1 aliphatic heterocycles. The molecule has 1 N–H and O–H groups in total. The molecule has 0 spiro atoms. The van der Waals surface area contributed by atoms with Gasteiger partial charge in [0, 0.05) is 25.8 Å². The maximum Gasteiger partial charge on any atom is 0.118 e. The van der Waals surface area contributed by atoms with Gasteiger partial charge >= 0.3 is 0 Å². The number of piperidine rings is 1. The van der Waals surface area contributed by atoms with Crippen molar-refractivity contribution in [3.63, 3.8) is 0 Å². The van der Waals surface area contributed by atoms with Crippen LogP contribution in [-0.4, -0.2) is 38.8 Å². The fourth-order valence-corrected chi connectivity index (χ4v) is 2.80. The number of nitrogens with one attached hydrogen (secondary N) is 1. The van der Waals surface area contributed by atoms with Crippen LogP contribution in [0.4, 0.5) is 0 Å². The van der Waals surface area contributed by atoms with Crippen molar-refractivity contribution in [3.05, 3.63) is 23.2 Å². The Labute approximate surface area is 116 Å². The third-order valence-electron chi connectivity index (χ3n) is 3.93. The molecule has 1 aliphatic rings. The molecule has 4 nitrogen and oxygen atoms in total. The molecule has 2 heterocycles. The Kier molecular flexibility index (Phi) is 5.43. The minimum Gasteiger partial charge on any atom is -0.465 e. The van der Waals surface area contributed by atoms with Gasteiger partial charge in [-0.15, -0.1) is 0 Å². The number of likely N-dealkylation sites (tertiary alicyclic amines) is 1. The van der Waals surface area contributed by atoms with Crippen molar-refractivity contribution in [2.24, 2.45) is 5.92 Å². The highest BCUT2D eigenvalue weighted by Gasteiger charge is 2.20. The second kappa shape index (κ2) is 7.08. The zero-order valence-electron chi connectivity index (χ0n) is 12.4. The van der Waals surface area contributed by atoms with Gasteiger partial charge in [-0.05, 0) is 51.9 Å². The van der Waals surface area contributed by atoms with E-state index in [1.807, 2.05) is 14.0 Å². The number of aryl methyl sites for hydroxylation is 1. The summed E-state index contributed by atoms with van der Waals surface area (Å²) >= 11 is 0. The van der Waals surface area contributed by atoms with E-state index in [9.17, 15) is 0 Å². The largest absolute Gasteiger partial charge is 0.465 e. The molecular formula is C15H26N2O2. The fourth-order valence-electron chi connectivity index (χ4n) is 2.80. The predicted molar refractivity (Wildman–Crippen MR) is 76.1 cm³/mol. The van der Waals surface area contributed by atoms with Crippen LogP contribution in [0.25, 0.3) is 0 Å². The SMILES string of the molecule is CNCc1cc(CN2CCC(COC)CC2)oc1C. The molecule has 108 valence electrons. The van der Waals surface area contributed by atoms with Crippen LogP contribution in [0.3, 0.4) is 0 Å². The first-order valence-electron chi connectivity index (χ1n) is 7.17. The van der Waals surface area contributed by atoms with Crippen LogP contribution in [0.1, 0.15) is 29.9 Å². The Morgan fingerprint density at radius 3 is 2.79 bits per heavy atom. The molecule has 0 unspecified atom stereocenters. The third-order valence-corrected chi connectivity index (χ3v) is 3.93. The first-order chi connectivity index (χ1) is 9.22. The van der Waals surface area contributed by atoms with Crippen molar-refractivity contribution >= 4 is 0 Å². The molecule has 0 aliphatic carbocycles. The molecular weight excluding hydrogens is 240 g/mol. The van der Waals surface area contributed by atoms with Crippen molar-refractivity contribution in [2.75, 3.05) is 33.9 Å². The maximum atomic E-state index is 5.84. The first kappa shape index (κ1) is 14.6. The lowest BCUT2D eigenvalue weighted by Crippen LogP contribution is -2.34. The highest BCUT2D eigenvalue weighted by molar-refractivity contribution is 5.20. The molecule has 1 saturated heterocycles. The number of ether oxygens (including phenoxy) is 1. The van der Waals surface area contributed by atoms with Gasteiger partial charge < -0.3 is 14.5 Å². The Hall–Kier alpha value is -0.840. The average Bonchev–Trinajstić information content (AvgIpc) is 2.73. The molecule has 19 heavy (non-hydrogen) atoms. The molecule has 1 aromatic heterocycles. The molecule has 0 amide bonds. The van der Waals surface area contributed by atoms with Crippen molar-refractivity contribution in [2.45, 2.75) is 32.9 Å². The van der Waals surface area contributed by atoms with E-state index in [1.54, 1.807) is 7.11 Å². The minimum absolute atomic E-state index is 0.736. The maximum absolute atomic E-state index is 5.84. The zero-order valence-corrected chi connectivity index (χ0v) is 12.4. The van der Waals surface area contributed by atoms with Crippen LogP contribution in [0.2, 0.25) is 0 Å². The van der Waals surface area contributed by atoms with Crippen LogP contribution >= 0.6 is 0 Å². The van der Waals surface area contributed by atoms with Crippen molar-refractivity contribution in [3.8, 4) is 0 Å². The molecule has 1 aromatic rings. The topological polar surface area (TPSA) is 37.6 Å². The van der Waals surface area contributed by atoms with E-state index < -0.39 is 0 Å². The van der Waals surface area contributed by atoms with Gasteiger partial charge in [-0.2, -0.15) is 0 Å². The second-order valence-electron chi connectivity index (χ2n) is 5.50. The van der Waals surface area contributed by atoms with Crippen molar-refractivity contribution in [1.82, 2.24) is 10.2 Å². The number of methoxy groups -OCH3 is 1. The third kappa shape index (κ3) is 4.06. The summed E-state index contributed by atoms with van der Waals surface area (Å²) in [6.07, 6.45) is 2.47.